The van der Waals surface area contributed by atoms with E-state index in [0.29, 0.717) is 11.1 Å². The van der Waals surface area contributed by atoms with Gasteiger partial charge in [-0.25, -0.2) is 13.6 Å². The summed E-state index contributed by atoms with van der Waals surface area (Å²) in [5, 5.41) is 0. The fourth-order valence-corrected chi connectivity index (χ4v) is 1.48. The van der Waals surface area contributed by atoms with Crippen LogP contribution in [0.1, 0.15) is 19.4 Å². The molecule has 3 nitrogen and oxygen atoms in total. The standard InChI is InChI=1S/C10H9F2NO2.C2H6/c1-6-2-3-8-7(4-6)13(5-9(11)12)10(14)15-8;1-2/h2-4,9H,5H2,1H3;1-2H3. The minimum atomic E-state index is -2.57. The molecular weight excluding hydrogens is 228 g/mol. The molecule has 0 saturated heterocycles. The van der Waals surface area contributed by atoms with Crippen LogP contribution in [0.25, 0.3) is 11.1 Å². The maximum atomic E-state index is 12.2. The van der Waals surface area contributed by atoms with Gasteiger partial charge in [0.15, 0.2) is 5.58 Å². The van der Waals surface area contributed by atoms with Gasteiger partial charge in [0.2, 0.25) is 0 Å². The van der Waals surface area contributed by atoms with E-state index in [1.54, 1.807) is 18.2 Å². The predicted molar refractivity (Wildman–Crippen MR) is 62.6 cm³/mol. The molecule has 2 aromatic rings. The monoisotopic (exact) mass is 243 g/mol. The first-order valence-electron chi connectivity index (χ1n) is 5.46. The van der Waals surface area contributed by atoms with Gasteiger partial charge in [-0.2, -0.15) is 0 Å². The number of benzene rings is 1. The van der Waals surface area contributed by atoms with Gasteiger partial charge in [-0.3, -0.25) is 4.57 Å². The van der Waals surface area contributed by atoms with Gasteiger partial charge in [0.05, 0.1) is 12.1 Å². The van der Waals surface area contributed by atoms with Gasteiger partial charge in [-0.15, -0.1) is 0 Å². The summed E-state index contributed by atoms with van der Waals surface area (Å²) in [5.41, 5.74) is 1.65. The Balaban J connectivity index is 0.000000686. The molecule has 5 heteroatoms. The largest absolute Gasteiger partial charge is 0.420 e. The molecule has 17 heavy (non-hydrogen) atoms. The third-order valence-electron chi connectivity index (χ3n) is 2.14. The molecule has 0 aliphatic rings. The number of oxazole rings is 1. The topological polar surface area (TPSA) is 35.1 Å². The zero-order valence-corrected chi connectivity index (χ0v) is 10.0. The second-order valence-electron chi connectivity index (χ2n) is 3.34. The number of alkyl halides is 2. The normalized spacial score (nSPS) is 10.5. The molecular formula is C12H15F2NO2. The number of rotatable bonds is 2. The lowest BCUT2D eigenvalue weighted by Gasteiger charge is -2.00. The fourth-order valence-electron chi connectivity index (χ4n) is 1.48. The first-order valence-corrected chi connectivity index (χ1v) is 5.46. The second-order valence-corrected chi connectivity index (χ2v) is 3.34. The molecule has 0 aliphatic heterocycles. The van der Waals surface area contributed by atoms with Crippen molar-refractivity contribution in [3.05, 3.63) is 34.3 Å². The highest BCUT2D eigenvalue weighted by atomic mass is 19.3. The van der Waals surface area contributed by atoms with Crippen LogP contribution in [-0.4, -0.2) is 11.0 Å². The average Bonchev–Trinajstić information content (AvgIpc) is 2.58. The number of halogens is 2. The van der Waals surface area contributed by atoms with Crippen LogP contribution in [0, 0.1) is 6.92 Å². The molecule has 0 aliphatic carbocycles. The van der Waals surface area contributed by atoms with E-state index in [4.69, 9.17) is 4.42 Å². The summed E-state index contributed by atoms with van der Waals surface area (Å²) in [6, 6.07) is 5.02. The van der Waals surface area contributed by atoms with Crippen LogP contribution in [-0.2, 0) is 6.54 Å². The van der Waals surface area contributed by atoms with Gasteiger partial charge in [0.1, 0.15) is 0 Å². The summed E-state index contributed by atoms with van der Waals surface area (Å²) in [4.78, 5) is 11.2. The quantitative estimate of drug-likeness (QED) is 0.811. The molecule has 0 amide bonds. The van der Waals surface area contributed by atoms with Crippen LogP contribution in [0.2, 0.25) is 0 Å². The van der Waals surface area contributed by atoms with E-state index < -0.39 is 18.7 Å². The highest BCUT2D eigenvalue weighted by Crippen LogP contribution is 2.15. The Morgan fingerprint density at radius 2 is 2.00 bits per heavy atom. The Hall–Kier alpha value is -1.65. The Morgan fingerprint density at radius 1 is 1.35 bits per heavy atom. The minimum Gasteiger partial charge on any atom is -0.408 e. The molecule has 0 bridgehead atoms. The van der Waals surface area contributed by atoms with Crippen LogP contribution in [0.5, 0.6) is 0 Å². The lowest BCUT2D eigenvalue weighted by molar-refractivity contribution is 0.125. The minimum absolute atomic E-state index is 0.339. The van der Waals surface area contributed by atoms with Crippen molar-refractivity contribution in [2.45, 2.75) is 33.7 Å². The van der Waals surface area contributed by atoms with E-state index in [-0.39, 0.29) is 0 Å². The molecule has 0 N–H and O–H groups in total. The van der Waals surface area contributed by atoms with Crippen molar-refractivity contribution in [3.63, 3.8) is 0 Å². The Kier molecular flexibility index (Phi) is 4.43. The summed E-state index contributed by atoms with van der Waals surface area (Å²) in [5.74, 6) is -0.740. The van der Waals surface area contributed by atoms with Crippen molar-refractivity contribution >= 4 is 11.1 Å². The van der Waals surface area contributed by atoms with Crippen LogP contribution >= 0.6 is 0 Å². The van der Waals surface area contributed by atoms with E-state index in [1.165, 1.54) is 0 Å². The molecule has 0 radical (unpaired) electrons. The summed E-state index contributed by atoms with van der Waals surface area (Å²) in [7, 11) is 0. The van der Waals surface area contributed by atoms with Crippen molar-refractivity contribution in [1.29, 1.82) is 0 Å². The van der Waals surface area contributed by atoms with E-state index >= 15 is 0 Å². The number of fused-ring (bicyclic) bond motifs is 1. The maximum absolute atomic E-state index is 12.2. The summed E-state index contributed by atoms with van der Waals surface area (Å²) < 4.78 is 30.2. The molecule has 2 rings (SSSR count). The SMILES string of the molecule is CC.Cc1ccc2oc(=O)n(CC(F)F)c2c1. The fraction of sp³-hybridized carbons (Fsp3) is 0.417. The molecule has 1 heterocycles. The van der Waals surface area contributed by atoms with E-state index in [2.05, 4.69) is 0 Å². The van der Waals surface area contributed by atoms with Crippen LogP contribution in [0.15, 0.2) is 27.4 Å². The first kappa shape index (κ1) is 13.4. The third kappa shape index (κ3) is 2.93. The first-order chi connectivity index (χ1) is 8.08. The number of nitrogens with zero attached hydrogens (tertiary/aromatic N) is 1. The van der Waals surface area contributed by atoms with Crippen LogP contribution < -0.4 is 5.76 Å². The summed E-state index contributed by atoms with van der Waals surface area (Å²) in [6.07, 6.45) is -2.57. The molecule has 1 aromatic heterocycles. The second kappa shape index (κ2) is 5.61. The van der Waals surface area contributed by atoms with E-state index in [9.17, 15) is 13.6 Å². The van der Waals surface area contributed by atoms with Gasteiger partial charge >= 0.3 is 5.76 Å². The Morgan fingerprint density at radius 3 is 2.59 bits per heavy atom. The van der Waals surface area contributed by atoms with Crippen LogP contribution in [0.4, 0.5) is 8.78 Å². The number of hydrogen-bond acceptors (Lipinski definition) is 2. The van der Waals surface area contributed by atoms with Crippen LogP contribution in [0.3, 0.4) is 0 Å². The lowest BCUT2D eigenvalue weighted by atomic mass is 10.2. The highest BCUT2D eigenvalue weighted by molar-refractivity contribution is 5.73. The number of hydrogen-bond donors (Lipinski definition) is 0. The van der Waals surface area contributed by atoms with Crippen molar-refractivity contribution in [3.8, 4) is 0 Å². The third-order valence-corrected chi connectivity index (χ3v) is 2.14. The maximum Gasteiger partial charge on any atom is 0.420 e. The number of aryl methyl sites for hydroxylation is 1. The predicted octanol–water partition coefficient (Wildman–Crippen LogP) is 3.19. The molecule has 0 spiro atoms. The lowest BCUT2D eigenvalue weighted by Crippen LogP contribution is -2.18. The zero-order valence-electron chi connectivity index (χ0n) is 10.0. The summed E-state index contributed by atoms with van der Waals surface area (Å²) in [6.45, 7) is 5.19. The molecule has 0 atom stereocenters. The average molecular weight is 243 g/mol. The van der Waals surface area contributed by atoms with Gasteiger partial charge in [-0.05, 0) is 24.6 Å². The molecule has 1 aromatic carbocycles. The molecule has 0 fully saturated rings. The van der Waals surface area contributed by atoms with E-state index in [1.807, 2.05) is 20.8 Å². The van der Waals surface area contributed by atoms with Gasteiger partial charge in [0, 0.05) is 0 Å². The molecule has 94 valence electrons. The van der Waals surface area contributed by atoms with Crippen molar-refractivity contribution in [2.24, 2.45) is 0 Å². The zero-order chi connectivity index (χ0) is 13.0. The van der Waals surface area contributed by atoms with Crippen molar-refractivity contribution < 1.29 is 13.2 Å². The van der Waals surface area contributed by atoms with E-state index in [0.717, 1.165) is 10.1 Å². The van der Waals surface area contributed by atoms with Crippen molar-refractivity contribution in [1.82, 2.24) is 4.57 Å². The Labute approximate surface area is 97.7 Å². The molecule has 0 saturated carbocycles. The molecule has 0 unspecified atom stereocenters. The smallest absolute Gasteiger partial charge is 0.408 e. The number of aromatic nitrogens is 1. The van der Waals surface area contributed by atoms with Gasteiger partial charge in [-0.1, -0.05) is 19.9 Å². The Bertz CT molecular complexity index is 543. The van der Waals surface area contributed by atoms with Gasteiger partial charge < -0.3 is 4.42 Å². The summed E-state index contributed by atoms with van der Waals surface area (Å²) >= 11 is 0. The van der Waals surface area contributed by atoms with Gasteiger partial charge in [0.25, 0.3) is 6.43 Å². The highest BCUT2D eigenvalue weighted by Gasteiger charge is 2.13. The van der Waals surface area contributed by atoms with Crippen molar-refractivity contribution in [2.75, 3.05) is 0 Å².